The molecule has 0 aliphatic heterocycles. The lowest BCUT2D eigenvalue weighted by atomic mass is 10.0. The molecule has 4 aromatic heterocycles. The lowest BCUT2D eigenvalue weighted by molar-refractivity contribution is 0.0149. The zero-order chi connectivity index (χ0) is 37.8. The number of hydrogen-bond donors (Lipinski definition) is 0. The van der Waals surface area contributed by atoms with E-state index < -0.39 is 0 Å². The van der Waals surface area contributed by atoms with Gasteiger partial charge in [-0.25, -0.2) is 19.6 Å². The number of carbonyl (C=O) groups is 2. The van der Waals surface area contributed by atoms with Crippen molar-refractivity contribution in [1.82, 2.24) is 9.97 Å². The molecule has 0 bridgehead atoms. The highest BCUT2D eigenvalue weighted by atomic mass is 79.9. The van der Waals surface area contributed by atoms with Crippen molar-refractivity contribution < 1.29 is 19.1 Å². The van der Waals surface area contributed by atoms with Gasteiger partial charge in [0.25, 0.3) is 0 Å². The molecule has 2 unspecified atom stereocenters. The van der Waals surface area contributed by atoms with Crippen LogP contribution in [0.25, 0.3) is 53.1 Å². The molecule has 11 heteroatoms. The fraction of sp³-hybridized carbons (Fsp3) is 0.333. The predicted molar refractivity (Wildman–Crippen MR) is 228 cm³/mol. The van der Waals surface area contributed by atoms with Gasteiger partial charge in [0, 0.05) is 20.9 Å². The van der Waals surface area contributed by atoms with Crippen LogP contribution < -0.4 is 0 Å². The molecule has 0 amide bonds. The molecule has 0 radical (unpaired) electrons. The Morgan fingerprint density at radius 1 is 0.585 bits per heavy atom. The van der Waals surface area contributed by atoms with Crippen molar-refractivity contribution >= 4 is 88.8 Å². The van der Waals surface area contributed by atoms with Crippen molar-refractivity contribution in [3.8, 4) is 42.0 Å². The zero-order valence-electron chi connectivity index (χ0n) is 30.6. The van der Waals surface area contributed by atoms with Crippen molar-refractivity contribution in [3.05, 3.63) is 91.5 Å². The van der Waals surface area contributed by atoms with Gasteiger partial charge in [-0.05, 0) is 105 Å². The Morgan fingerprint density at radius 3 is 1.26 bits per heavy atom. The standard InChI is InChI=1S/C42H42Br2N2O4S3/c1-7-9-29(23(3)4)49-41(47)27-15-11-25(12-16-27)35-36(26-13-17-28(18-14-26)42(48)50-30(10-8-2)24(5)6)46-38-37(45-35)39(31-19-21-33(43)51-31)53-40(38)32-20-22-34(44)52-32/h11-24,29-30H,7-10H2,1-6H3. The van der Waals surface area contributed by atoms with Gasteiger partial charge in [0.2, 0.25) is 0 Å². The monoisotopic (exact) mass is 892 g/mol. The molecule has 2 aromatic carbocycles. The number of rotatable bonds is 14. The first kappa shape index (κ1) is 39.5. The van der Waals surface area contributed by atoms with Gasteiger partial charge in [0.1, 0.15) is 23.2 Å². The Morgan fingerprint density at radius 2 is 0.962 bits per heavy atom. The van der Waals surface area contributed by atoms with Crippen molar-refractivity contribution in [2.75, 3.05) is 0 Å². The number of halogens is 2. The number of hydrogen-bond acceptors (Lipinski definition) is 9. The average Bonchev–Trinajstić information content (AvgIpc) is 3.88. The molecule has 0 aliphatic rings. The smallest absolute Gasteiger partial charge is 0.338 e. The number of thiophene rings is 3. The summed E-state index contributed by atoms with van der Waals surface area (Å²) in [5.74, 6) is -0.204. The van der Waals surface area contributed by atoms with E-state index >= 15 is 0 Å². The molecule has 276 valence electrons. The van der Waals surface area contributed by atoms with Crippen molar-refractivity contribution in [2.24, 2.45) is 11.8 Å². The van der Waals surface area contributed by atoms with Gasteiger partial charge in [0.05, 0.1) is 39.8 Å². The van der Waals surface area contributed by atoms with Crippen molar-refractivity contribution in [3.63, 3.8) is 0 Å². The number of ether oxygens (including phenoxy) is 2. The van der Waals surface area contributed by atoms with Crippen LogP contribution in [0.4, 0.5) is 0 Å². The van der Waals surface area contributed by atoms with E-state index in [2.05, 4.69) is 97.7 Å². The summed E-state index contributed by atoms with van der Waals surface area (Å²) in [4.78, 5) is 41.5. The molecular weight excluding hydrogens is 852 g/mol. The summed E-state index contributed by atoms with van der Waals surface area (Å²) in [7, 11) is 0. The molecule has 6 rings (SSSR count). The van der Waals surface area contributed by atoms with Crippen LogP contribution in [0.5, 0.6) is 0 Å². The van der Waals surface area contributed by atoms with Crippen LogP contribution in [0.15, 0.2) is 80.4 Å². The Kier molecular flexibility index (Phi) is 13.0. The molecule has 0 fully saturated rings. The highest BCUT2D eigenvalue weighted by Crippen LogP contribution is 2.48. The molecule has 0 N–H and O–H groups in total. The van der Waals surface area contributed by atoms with Crippen LogP contribution in [0.3, 0.4) is 0 Å². The van der Waals surface area contributed by atoms with Crippen LogP contribution in [0, 0.1) is 11.8 Å². The molecular formula is C42H42Br2N2O4S3. The molecule has 6 aromatic rings. The summed E-state index contributed by atoms with van der Waals surface area (Å²) in [6, 6.07) is 23.2. The normalized spacial score (nSPS) is 12.8. The first-order chi connectivity index (χ1) is 25.5. The van der Waals surface area contributed by atoms with Crippen molar-refractivity contribution in [1.29, 1.82) is 0 Å². The summed E-state index contributed by atoms with van der Waals surface area (Å²) >= 11 is 12.3. The van der Waals surface area contributed by atoms with E-state index in [4.69, 9.17) is 19.4 Å². The molecule has 0 saturated carbocycles. The molecule has 4 heterocycles. The largest absolute Gasteiger partial charge is 0.459 e. The topological polar surface area (TPSA) is 78.4 Å². The minimum atomic E-state index is -0.332. The molecule has 0 spiro atoms. The van der Waals surface area contributed by atoms with Gasteiger partial charge in [-0.15, -0.1) is 34.0 Å². The van der Waals surface area contributed by atoms with Crippen LogP contribution in [-0.2, 0) is 9.47 Å². The van der Waals surface area contributed by atoms with Crippen LogP contribution in [0.2, 0.25) is 0 Å². The number of fused-ring (bicyclic) bond motifs is 1. The second kappa shape index (κ2) is 17.5. The Bertz CT molecular complexity index is 2050. The lowest BCUT2D eigenvalue weighted by Crippen LogP contribution is -2.23. The summed E-state index contributed by atoms with van der Waals surface area (Å²) in [5.41, 5.74) is 5.57. The van der Waals surface area contributed by atoms with E-state index in [0.717, 1.165) is 74.9 Å². The maximum absolute atomic E-state index is 13.2. The third kappa shape index (κ3) is 9.02. The van der Waals surface area contributed by atoms with Gasteiger partial charge in [-0.3, -0.25) is 0 Å². The third-order valence-electron chi connectivity index (χ3n) is 9.06. The van der Waals surface area contributed by atoms with Gasteiger partial charge >= 0.3 is 11.9 Å². The third-order valence-corrected chi connectivity index (χ3v) is 13.8. The Labute approximate surface area is 340 Å². The number of carbonyl (C=O) groups excluding carboxylic acids is 2. The Balaban J connectivity index is 1.47. The van der Waals surface area contributed by atoms with Gasteiger partial charge in [-0.1, -0.05) is 78.6 Å². The van der Waals surface area contributed by atoms with E-state index in [0.29, 0.717) is 22.5 Å². The fourth-order valence-corrected chi connectivity index (χ4v) is 10.3. The maximum Gasteiger partial charge on any atom is 0.338 e. The quantitative estimate of drug-likeness (QED) is 0.101. The SMILES string of the molecule is CCCC(OC(=O)c1ccc(-c2nc3c(-c4ccc(Br)s4)sc(-c4ccc(Br)s4)c3nc2-c2ccc(C(=O)OC(CCC)C(C)C)cc2)cc1)C(C)C. The van der Waals surface area contributed by atoms with E-state index in [9.17, 15) is 9.59 Å². The minimum absolute atomic E-state index is 0.136. The number of aromatic nitrogens is 2. The second-order valence-corrected chi connectivity index (χ2v) is 19.6. The number of esters is 2. The van der Waals surface area contributed by atoms with Gasteiger partial charge < -0.3 is 9.47 Å². The van der Waals surface area contributed by atoms with Gasteiger partial charge in [0.15, 0.2) is 0 Å². The van der Waals surface area contributed by atoms with Crippen molar-refractivity contribution in [2.45, 2.75) is 79.4 Å². The van der Waals surface area contributed by atoms with Gasteiger partial charge in [-0.2, -0.15) is 0 Å². The average molecular weight is 895 g/mol. The van der Waals surface area contributed by atoms with E-state index in [1.807, 2.05) is 24.3 Å². The van der Waals surface area contributed by atoms with Crippen LogP contribution in [-0.4, -0.2) is 34.1 Å². The molecule has 0 saturated heterocycles. The summed E-state index contributed by atoms with van der Waals surface area (Å²) < 4.78 is 13.9. The second-order valence-electron chi connectivity index (χ2n) is 13.7. The maximum atomic E-state index is 13.2. The van der Waals surface area contributed by atoms with Crippen LogP contribution in [0.1, 0.15) is 87.9 Å². The first-order valence-corrected chi connectivity index (χ1v) is 22.0. The molecule has 2 atom stereocenters. The molecule has 6 nitrogen and oxygen atoms in total. The minimum Gasteiger partial charge on any atom is -0.459 e. The Hall–Kier alpha value is -3.22. The summed E-state index contributed by atoms with van der Waals surface area (Å²) in [6.07, 6.45) is 3.25. The number of nitrogens with zero attached hydrogens (tertiary/aromatic N) is 2. The summed E-state index contributed by atoms with van der Waals surface area (Å²) in [6.45, 7) is 12.5. The highest BCUT2D eigenvalue weighted by molar-refractivity contribution is 9.11. The highest BCUT2D eigenvalue weighted by Gasteiger charge is 2.25. The first-order valence-electron chi connectivity index (χ1n) is 18.0. The molecule has 0 aliphatic carbocycles. The van der Waals surface area contributed by atoms with E-state index in [1.165, 1.54) is 0 Å². The number of benzene rings is 2. The van der Waals surface area contributed by atoms with E-state index in [1.54, 1.807) is 58.3 Å². The summed E-state index contributed by atoms with van der Waals surface area (Å²) in [5, 5.41) is 0. The fourth-order valence-electron chi connectivity index (χ4n) is 6.13. The zero-order valence-corrected chi connectivity index (χ0v) is 36.2. The van der Waals surface area contributed by atoms with Crippen LogP contribution >= 0.6 is 65.9 Å². The lowest BCUT2D eigenvalue weighted by Gasteiger charge is -2.21. The predicted octanol–water partition coefficient (Wildman–Crippen LogP) is 14.0. The molecule has 53 heavy (non-hydrogen) atoms. The van der Waals surface area contributed by atoms with E-state index in [-0.39, 0.29) is 36.0 Å².